The van der Waals surface area contributed by atoms with Gasteiger partial charge in [-0.2, -0.15) is 0 Å². The van der Waals surface area contributed by atoms with E-state index in [0.29, 0.717) is 5.82 Å². The van der Waals surface area contributed by atoms with Crippen LogP contribution in [-0.2, 0) is 0 Å². The lowest BCUT2D eigenvalue weighted by Crippen LogP contribution is -2.30. The molecule has 0 radical (unpaired) electrons. The Bertz CT molecular complexity index is 251. The van der Waals surface area contributed by atoms with E-state index in [-0.39, 0.29) is 5.46 Å². The van der Waals surface area contributed by atoms with Crippen LogP contribution >= 0.6 is 12.2 Å². The van der Waals surface area contributed by atoms with Crippen LogP contribution in [0.3, 0.4) is 0 Å². The van der Waals surface area contributed by atoms with E-state index >= 15 is 0 Å². The molecule has 0 saturated heterocycles. The van der Waals surface area contributed by atoms with Gasteiger partial charge < -0.3 is 10.0 Å². The van der Waals surface area contributed by atoms with Gasteiger partial charge in [0.05, 0.1) is 0 Å². The minimum absolute atomic E-state index is 0.255. The molecule has 0 aliphatic carbocycles. The Morgan fingerprint density at radius 2 is 1.91 bits per heavy atom. The largest absolute Gasteiger partial charge is 0.491 e. The molecular weight excluding hydrogens is 163 g/mol. The van der Waals surface area contributed by atoms with E-state index in [2.05, 4.69) is 22.2 Å². The summed E-state index contributed by atoms with van der Waals surface area (Å²) in [4.78, 5) is 7.46. The number of nitrogens with zero attached hydrogens (tertiary/aromatic N) is 2. The quantitative estimate of drug-likeness (QED) is 0.415. The molecule has 0 bridgehead atoms. The van der Waals surface area contributed by atoms with Crippen molar-refractivity contribution in [2.24, 2.45) is 0 Å². The van der Waals surface area contributed by atoms with Crippen molar-refractivity contribution in [2.75, 3.05) is 0 Å². The number of hydrogen-bond donors (Lipinski definition) is 2. The van der Waals surface area contributed by atoms with Crippen LogP contribution in [0, 0.1) is 0 Å². The molecule has 0 amide bonds. The maximum absolute atomic E-state index is 8.63. The molecule has 0 saturated carbocycles. The number of hydrogen-bond acceptors (Lipinski definition) is 5. The summed E-state index contributed by atoms with van der Waals surface area (Å²) in [7, 11) is -1.52. The highest BCUT2D eigenvalue weighted by atomic mass is 32.1. The fourth-order valence-corrected chi connectivity index (χ4v) is 0.664. The molecule has 0 fully saturated rings. The Labute approximate surface area is 69.1 Å². The first-order valence-electron chi connectivity index (χ1n) is 2.87. The first-order valence-corrected chi connectivity index (χ1v) is 3.34. The zero-order valence-corrected chi connectivity index (χ0v) is 6.32. The molecule has 1 aromatic heterocycles. The molecule has 1 rings (SSSR count). The highest BCUT2D eigenvalue weighted by molar-refractivity contribution is 7.79. The minimum Gasteiger partial charge on any atom is -0.423 e. The van der Waals surface area contributed by atoms with E-state index in [1.54, 1.807) is 0 Å². The molecule has 0 unspecified atom stereocenters. The maximum Gasteiger partial charge on any atom is 0.491 e. The second kappa shape index (κ2) is 3.52. The highest BCUT2D eigenvalue weighted by Gasteiger charge is 2.10. The summed E-state index contributed by atoms with van der Waals surface area (Å²) in [5.74, 6) is 0.393. The first-order chi connectivity index (χ1) is 5.24. The molecule has 6 heteroatoms. The fourth-order valence-electron chi connectivity index (χ4n) is 0.542. The van der Waals surface area contributed by atoms with Gasteiger partial charge in [-0.25, -0.2) is 9.97 Å². The third-order valence-electron chi connectivity index (χ3n) is 1.10. The van der Waals surface area contributed by atoms with Gasteiger partial charge in [-0.15, -0.1) is 0 Å². The second-order valence-electron chi connectivity index (χ2n) is 1.87. The third-order valence-corrected chi connectivity index (χ3v) is 1.31. The molecule has 2 N–H and O–H groups in total. The lowest BCUT2D eigenvalue weighted by Gasteiger charge is -1.96. The average molecular weight is 168 g/mol. The maximum atomic E-state index is 8.63. The average Bonchev–Trinajstić information content (AvgIpc) is 2.05. The Balaban J connectivity index is 2.91. The molecule has 0 aromatic carbocycles. The molecule has 0 spiro atoms. The zero-order chi connectivity index (χ0) is 8.27. The molecule has 1 aromatic rings. The van der Waals surface area contributed by atoms with E-state index in [1.165, 1.54) is 17.8 Å². The SMILES string of the molecule is OB(O)c1cnc(C=S)nc1. The molecule has 56 valence electrons. The highest BCUT2D eigenvalue weighted by Crippen LogP contribution is 1.81. The topological polar surface area (TPSA) is 66.2 Å². The summed E-state index contributed by atoms with van der Waals surface area (Å²) in [6.45, 7) is 0. The smallest absolute Gasteiger partial charge is 0.423 e. The van der Waals surface area contributed by atoms with E-state index < -0.39 is 7.12 Å². The monoisotopic (exact) mass is 168 g/mol. The summed E-state index contributed by atoms with van der Waals surface area (Å²) in [5, 5.41) is 18.6. The summed E-state index contributed by atoms with van der Waals surface area (Å²) in [5.41, 5.74) is 0.255. The predicted molar refractivity (Wildman–Crippen MR) is 44.6 cm³/mol. The Morgan fingerprint density at radius 1 is 1.36 bits per heavy atom. The predicted octanol–water partition coefficient (Wildman–Crippen LogP) is -1.50. The molecule has 1 heterocycles. The van der Waals surface area contributed by atoms with Gasteiger partial charge in [0.2, 0.25) is 0 Å². The van der Waals surface area contributed by atoms with Crippen molar-refractivity contribution in [3.05, 3.63) is 18.2 Å². The van der Waals surface area contributed by atoms with Crippen LogP contribution in [0.2, 0.25) is 0 Å². The van der Waals surface area contributed by atoms with Crippen LogP contribution in [-0.4, -0.2) is 32.5 Å². The van der Waals surface area contributed by atoms with Crippen LogP contribution in [0.15, 0.2) is 12.4 Å². The van der Waals surface area contributed by atoms with Gasteiger partial charge in [0.15, 0.2) is 5.82 Å². The number of rotatable bonds is 2. The normalized spacial score (nSPS) is 9.27. The zero-order valence-electron chi connectivity index (χ0n) is 5.51. The summed E-state index contributed by atoms with van der Waals surface area (Å²) in [6.07, 6.45) is 2.63. The standard InChI is InChI=1S/C5H5BN2O2S/c9-6(10)4-1-7-5(3-11)8-2-4/h1-3,9-10H. The van der Waals surface area contributed by atoms with E-state index in [0.717, 1.165) is 0 Å². The van der Waals surface area contributed by atoms with Crippen LogP contribution in [0.5, 0.6) is 0 Å². The number of thiocarbonyl (C=S) groups is 1. The molecule has 0 aliphatic heterocycles. The van der Waals surface area contributed by atoms with Crippen LogP contribution in [0.4, 0.5) is 0 Å². The summed E-state index contributed by atoms with van der Waals surface area (Å²) in [6, 6.07) is 0. The van der Waals surface area contributed by atoms with Gasteiger partial charge in [0.25, 0.3) is 0 Å². The van der Waals surface area contributed by atoms with E-state index in [9.17, 15) is 0 Å². The van der Waals surface area contributed by atoms with Crippen molar-refractivity contribution >= 4 is 30.2 Å². The van der Waals surface area contributed by atoms with Gasteiger partial charge in [-0.3, -0.25) is 0 Å². The van der Waals surface area contributed by atoms with Crippen molar-refractivity contribution < 1.29 is 10.0 Å². The van der Waals surface area contributed by atoms with Crippen LogP contribution in [0.1, 0.15) is 5.82 Å². The second-order valence-corrected chi connectivity index (χ2v) is 2.10. The lowest BCUT2D eigenvalue weighted by atomic mass is 9.83. The minimum atomic E-state index is -1.52. The van der Waals surface area contributed by atoms with Gasteiger partial charge in [0, 0.05) is 23.2 Å². The van der Waals surface area contributed by atoms with E-state index in [1.807, 2.05) is 0 Å². The van der Waals surface area contributed by atoms with Crippen molar-refractivity contribution in [1.29, 1.82) is 0 Å². The Hall–Kier alpha value is -0.845. The van der Waals surface area contributed by atoms with Crippen molar-refractivity contribution in [1.82, 2.24) is 9.97 Å². The fraction of sp³-hybridized carbons (Fsp3) is 0. The third kappa shape index (κ3) is 2.04. The Kier molecular flexibility index (Phi) is 2.64. The van der Waals surface area contributed by atoms with Gasteiger partial charge in [0.1, 0.15) is 0 Å². The van der Waals surface area contributed by atoms with Crippen molar-refractivity contribution in [3.8, 4) is 0 Å². The first kappa shape index (κ1) is 8.25. The summed E-state index contributed by atoms with van der Waals surface area (Å²) < 4.78 is 0. The lowest BCUT2D eigenvalue weighted by molar-refractivity contribution is 0.425. The van der Waals surface area contributed by atoms with Crippen LogP contribution < -0.4 is 5.46 Å². The van der Waals surface area contributed by atoms with Gasteiger partial charge in [-0.05, 0) is 0 Å². The molecule has 4 nitrogen and oxygen atoms in total. The van der Waals surface area contributed by atoms with Gasteiger partial charge >= 0.3 is 7.12 Å². The van der Waals surface area contributed by atoms with Crippen molar-refractivity contribution in [2.45, 2.75) is 0 Å². The van der Waals surface area contributed by atoms with Gasteiger partial charge in [-0.1, -0.05) is 12.2 Å². The summed E-state index contributed by atoms with van der Waals surface area (Å²) >= 11 is 4.55. The van der Waals surface area contributed by atoms with Crippen LogP contribution in [0.25, 0.3) is 0 Å². The number of aromatic nitrogens is 2. The van der Waals surface area contributed by atoms with Crippen molar-refractivity contribution in [3.63, 3.8) is 0 Å². The molecule has 11 heavy (non-hydrogen) atoms. The molecule has 0 atom stereocenters. The van der Waals surface area contributed by atoms with E-state index in [4.69, 9.17) is 10.0 Å². The molecule has 0 aliphatic rings. The molecular formula is C5H5BN2O2S. The Morgan fingerprint density at radius 3 is 2.27 bits per heavy atom.